The third kappa shape index (κ3) is 9.05. The third-order valence-electron chi connectivity index (χ3n) is 4.07. The summed E-state index contributed by atoms with van der Waals surface area (Å²) in [5, 5.41) is 17.8. The Morgan fingerprint density at radius 2 is 1.69 bits per heavy atom. The van der Waals surface area contributed by atoms with Crippen LogP contribution in [0.1, 0.15) is 31.9 Å². The van der Waals surface area contributed by atoms with Crippen LogP contribution < -0.4 is 10.6 Å². The van der Waals surface area contributed by atoms with Gasteiger partial charge in [0.1, 0.15) is 5.60 Å². The number of benzene rings is 2. The predicted octanol–water partition coefficient (Wildman–Crippen LogP) is 4.58. The molecule has 0 heterocycles. The number of hydrogen-bond acceptors (Lipinski definition) is 4. The Morgan fingerprint density at radius 3 is 2.28 bits per heavy atom. The molecular weight excluding hydrogens is 411 g/mol. The zero-order valence-electron chi connectivity index (χ0n) is 16.9. The minimum atomic E-state index is -0.822. The number of amides is 1. The number of rotatable bonds is 8. The van der Waals surface area contributed by atoms with E-state index in [1.54, 1.807) is 26.8 Å². The molecule has 158 valence electrons. The summed E-state index contributed by atoms with van der Waals surface area (Å²) in [6.07, 6.45) is -0.900. The normalized spacial score (nSPS) is 13.6. The van der Waals surface area contributed by atoms with Crippen LogP contribution in [0.15, 0.2) is 48.5 Å². The number of aliphatic hydroxyl groups excluding tert-OH is 1. The number of alkyl carbamates (subject to hydrolysis) is 1. The lowest BCUT2D eigenvalue weighted by Gasteiger charge is -2.27. The van der Waals surface area contributed by atoms with Crippen LogP contribution in [0.5, 0.6) is 0 Å². The molecular formula is C22H28Cl2N2O3. The van der Waals surface area contributed by atoms with E-state index in [1.165, 1.54) is 0 Å². The average molecular weight is 439 g/mol. The lowest BCUT2D eigenvalue weighted by Crippen LogP contribution is -2.49. The standard InChI is InChI=1S/C22H28Cl2N2O3/c1-22(2,3)29-21(28)26-19(11-15-7-5-4-6-8-15)20(27)14-25-13-16-9-17(23)12-18(24)10-16/h4-10,12,19-20,25,27H,11,13-14H2,1-3H3,(H,26,28)/t19-,20+/m0/s1. The molecule has 7 heteroatoms. The zero-order valence-corrected chi connectivity index (χ0v) is 18.4. The lowest BCUT2D eigenvalue weighted by atomic mass is 10.0. The highest BCUT2D eigenvalue weighted by molar-refractivity contribution is 6.34. The fourth-order valence-electron chi connectivity index (χ4n) is 2.83. The van der Waals surface area contributed by atoms with Gasteiger partial charge in [0.25, 0.3) is 0 Å². The molecule has 0 bridgehead atoms. The van der Waals surface area contributed by atoms with Crippen molar-refractivity contribution >= 4 is 29.3 Å². The minimum Gasteiger partial charge on any atom is -0.444 e. The maximum Gasteiger partial charge on any atom is 0.407 e. The summed E-state index contributed by atoms with van der Waals surface area (Å²) in [6, 6.07) is 14.5. The fraction of sp³-hybridized carbons (Fsp3) is 0.409. The van der Waals surface area contributed by atoms with Gasteiger partial charge in [0, 0.05) is 23.1 Å². The van der Waals surface area contributed by atoms with Gasteiger partial charge in [-0.25, -0.2) is 4.79 Å². The minimum absolute atomic E-state index is 0.275. The molecule has 29 heavy (non-hydrogen) atoms. The van der Waals surface area contributed by atoms with Gasteiger partial charge in [0.05, 0.1) is 12.1 Å². The maximum atomic E-state index is 12.2. The van der Waals surface area contributed by atoms with Crippen molar-refractivity contribution in [3.8, 4) is 0 Å². The number of nitrogens with one attached hydrogen (secondary N) is 2. The molecule has 0 radical (unpaired) electrons. The highest BCUT2D eigenvalue weighted by Crippen LogP contribution is 2.19. The van der Waals surface area contributed by atoms with Crippen molar-refractivity contribution in [1.82, 2.24) is 10.6 Å². The van der Waals surface area contributed by atoms with E-state index in [4.69, 9.17) is 27.9 Å². The number of halogens is 2. The molecule has 2 rings (SSSR count). The number of ether oxygens (including phenoxy) is 1. The Labute approximate surface area is 182 Å². The van der Waals surface area contributed by atoms with Gasteiger partial charge in [-0.3, -0.25) is 0 Å². The smallest absolute Gasteiger partial charge is 0.407 e. The number of carbonyl (C=O) groups excluding carboxylic acids is 1. The van der Waals surface area contributed by atoms with E-state index in [1.807, 2.05) is 42.5 Å². The molecule has 2 aromatic rings. The van der Waals surface area contributed by atoms with Gasteiger partial charge in [-0.1, -0.05) is 53.5 Å². The van der Waals surface area contributed by atoms with E-state index in [-0.39, 0.29) is 6.54 Å². The van der Waals surface area contributed by atoms with Crippen LogP contribution in [0, 0.1) is 0 Å². The molecule has 0 saturated heterocycles. The summed E-state index contributed by atoms with van der Waals surface area (Å²) in [6.45, 7) is 6.16. The van der Waals surface area contributed by atoms with Crippen LogP contribution in [0.4, 0.5) is 4.79 Å². The first-order valence-electron chi connectivity index (χ1n) is 9.49. The molecule has 1 amide bonds. The summed E-state index contributed by atoms with van der Waals surface area (Å²) >= 11 is 12.0. The average Bonchev–Trinajstić information content (AvgIpc) is 2.59. The van der Waals surface area contributed by atoms with Gasteiger partial charge in [-0.05, 0) is 56.5 Å². The molecule has 2 aromatic carbocycles. The van der Waals surface area contributed by atoms with E-state index < -0.39 is 23.8 Å². The van der Waals surface area contributed by atoms with E-state index in [2.05, 4.69) is 10.6 Å². The second kappa shape index (κ2) is 10.8. The first kappa shape index (κ1) is 23.5. The van der Waals surface area contributed by atoms with Crippen molar-refractivity contribution in [1.29, 1.82) is 0 Å². The Hall–Kier alpha value is -1.79. The Balaban J connectivity index is 1.98. The highest BCUT2D eigenvalue weighted by Gasteiger charge is 2.24. The second-order valence-corrected chi connectivity index (χ2v) is 8.79. The lowest BCUT2D eigenvalue weighted by molar-refractivity contribution is 0.0422. The molecule has 0 unspecified atom stereocenters. The summed E-state index contributed by atoms with van der Waals surface area (Å²) in [5.41, 5.74) is 1.31. The van der Waals surface area contributed by atoms with Crippen molar-refractivity contribution in [2.45, 2.75) is 51.5 Å². The van der Waals surface area contributed by atoms with E-state index >= 15 is 0 Å². The third-order valence-corrected chi connectivity index (χ3v) is 4.51. The van der Waals surface area contributed by atoms with Gasteiger partial charge in [-0.15, -0.1) is 0 Å². The van der Waals surface area contributed by atoms with Crippen LogP contribution in [-0.4, -0.2) is 35.5 Å². The van der Waals surface area contributed by atoms with Crippen LogP contribution in [0.2, 0.25) is 10.0 Å². The van der Waals surface area contributed by atoms with Crippen molar-refractivity contribution in [2.24, 2.45) is 0 Å². The second-order valence-electron chi connectivity index (χ2n) is 7.92. The van der Waals surface area contributed by atoms with Crippen LogP contribution >= 0.6 is 23.2 Å². The molecule has 0 aromatic heterocycles. The molecule has 5 nitrogen and oxygen atoms in total. The van der Waals surface area contributed by atoms with Gasteiger partial charge in [0.15, 0.2) is 0 Å². The summed E-state index contributed by atoms with van der Waals surface area (Å²) < 4.78 is 5.35. The molecule has 0 fully saturated rings. The van der Waals surface area contributed by atoms with E-state index in [9.17, 15) is 9.90 Å². The molecule has 2 atom stereocenters. The fourth-order valence-corrected chi connectivity index (χ4v) is 3.40. The first-order valence-corrected chi connectivity index (χ1v) is 10.2. The predicted molar refractivity (Wildman–Crippen MR) is 117 cm³/mol. The quantitative estimate of drug-likeness (QED) is 0.563. The van der Waals surface area contributed by atoms with E-state index in [0.29, 0.717) is 23.0 Å². The van der Waals surface area contributed by atoms with Gasteiger partial charge in [-0.2, -0.15) is 0 Å². The molecule has 0 aliphatic carbocycles. The molecule has 0 aliphatic heterocycles. The summed E-state index contributed by atoms with van der Waals surface area (Å²) in [5.74, 6) is 0. The Kier molecular flexibility index (Phi) is 8.78. The number of carbonyl (C=O) groups is 1. The van der Waals surface area contributed by atoms with Crippen molar-refractivity contribution in [3.05, 3.63) is 69.7 Å². The van der Waals surface area contributed by atoms with Gasteiger partial charge >= 0.3 is 6.09 Å². The Bertz CT molecular complexity index is 774. The van der Waals surface area contributed by atoms with E-state index in [0.717, 1.165) is 11.1 Å². The van der Waals surface area contributed by atoms with Crippen molar-refractivity contribution in [2.75, 3.05) is 6.54 Å². The number of aliphatic hydroxyl groups is 1. The number of hydrogen-bond donors (Lipinski definition) is 3. The molecule has 0 spiro atoms. The molecule has 0 saturated carbocycles. The molecule has 0 aliphatic rings. The highest BCUT2D eigenvalue weighted by atomic mass is 35.5. The molecule has 3 N–H and O–H groups in total. The summed E-state index contributed by atoms with van der Waals surface area (Å²) in [7, 11) is 0. The van der Waals surface area contributed by atoms with Gasteiger partial charge in [0.2, 0.25) is 0 Å². The SMILES string of the molecule is CC(C)(C)OC(=O)N[C@@H](Cc1ccccc1)[C@H](O)CNCc1cc(Cl)cc(Cl)c1. The van der Waals surface area contributed by atoms with Crippen LogP contribution in [0.25, 0.3) is 0 Å². The first-order chi connectivity index (χ1) is 13.6. The zero-order chi connectivity index (χ0) is 21.4. The van der Waals surface area contributed by atoms with Crippen molar-refractivity contribution in [3.63, 3.8) is 0 Å². The topological polar surface area (TPSA) is 70.6 Å². The van der Waals surface area contributed by atoms with Crippen molar-refractivity contribution < 1.29 is 14.6 Å². The van der Waals surface area contributed by atoms with Gasteiger partial charge < -0.3 is 20.5 Å². The largest absolute Gasteiger partial charge is 0.444 e. The van der Waals surface area contributed by atoms with Crippen LogP contribution in [0.3, 0.4) is 0 Å². The maximum absolute atomic E-state index is 12.2. The monoisotopic (exact) mass is 438 g/mol. The summed E-state index contributed by atoms with van der Waals surface area (Å²) in [4.78, 5) is 12.2. The van der Waals surface area contributed by atoms with Crippen LogP contribution in [-0.2, 0) is 17.7 Å². The Morgan fingerprint density at radius 1 is 1.07 bits per heavy atom.